The van der Waals surface area contributed by atoms with Crippen LogP contribution in [0.3, 0.4) is 0 Å². The molecule has 0 radical (unpaired) electrons. The number of anilines is 1. The number of nitrogens with zero attached hydrogens (tertiary/aromatic N) is 1. The number of unbranched alkanes of at least 4 members (excludes halogenated alkanes) is 1. The molecule has 1 aromatic heterocycles. The van der Waals surface area contributed by atoms with Gasteiger partial charge in [0.25, 0.3) is 0 Å². The number of rotatable bonds is 10. The van der Waals surface area contributed by atoms with Crippen LogP contribution in [0, 0.1) is 6.92 Å². The number of benzene rings is 2. The lowest BCUT2D eigenvalue weighted by Gasteiger charge is -2.15. The number of aliphatic hydroxyl groups is 1. The summed E-state index contributed by atoms with van der Waals surface area (Å²) in [6.07, 6.45) is 1.50. The summed E-state index contributed by atoms with van der Waals surface area (Å²) in [5, 5.41) is 18.2. The molecule has 2 aromatic carbocycles. The summed E-state index contributed by atoms with van der Waals surface area (Å²) < 4.78 is 32.4. The van der Waals surface area contributed by atoms with E-state index in [2.05, 4.69) is 14.9 Å². The molecule has 0 bridgehead atoms. The van der Waals surface area contributed by atoms with Crippen molar-refractivity contribution in [3.05, 3.63) is 53.7 Å². The largest absolute Gasteiger partial charge is 0.494 e. The Kier molecular flexibility index (Phi) is 6.99. The molecule has 0 fully saturated rings. The number of aliphatic hydroxyl groups excluding tert-OH is 1. The number of nitrogens with one attached hydrogen (secondary N) is 2. The van der Waals surface area contributed by atoms with Gasteiger partial charge in [-0.05, 0) is 69.9 Å². The number of H-pyrrole nitrogens is 1. The van der Waals surface area contributed by atoms with Gasteiger partial charge >= 0.3 is 0 Å². The third-order valence-electron chi connectivity index (χ3n) is 5.01. The molecule has 3 aromatic rings. The van der Waals surface area contributed by atoms with Crippen molar-refractivity contribution in [2.75, 3.05) is 11.3 Å². The molecule has 30 heavy (non-hydrogen) atoms. The average molecular weight is 432 g/mol. The van der Waals surface area contributed by atoms with Crippen molar-refractivity contribution < 1.29 is 18.3 Å². The Balaban J connectivity index is 1.46. The van der Waals surface area contributed by atoms with E-state index in [4.69, 9.17) is 4.74 Å². The lowest BCUT2D eigenvalue weighted by molar-refractivity contribution is 0.160. The number of ether oxygens (including phenoxy) is 1. The Morgan fingerprint density at radius 1 is 1.17 bits per heavy atom. The summed E-state index contributed by atoms with van der Waals surface area (Å²) in [6, 6.07) is 12.8. The molecule has 0 saturated heterocycles. The SMILES string of the molecule is Cc1[nH]nc2cc(OCCCC[C@H](O)c3cccc(NS(=O)(=O)C(C)C)c3)ccc12. The number of aryl methyl sites for hydroxylation is 1. The van der Waals surface area contributed by atoms with E-state index in [1.165, 1.54) is 0 Å². The molecule has 8 heteroatoms. The Labute approximate surface area is 177 Å². The van der Waals surface area contributed by atoms with Crippen molar-refractivity contribution in [3.8, 4) is 5.75 Å². The van der Waals surface area contributed by atoms with E-state index < -0.39 is 21.4 Å². The van der Waals surface area contributed by atoms with E-state index in [9.17, 15) is 13.5 Å². The molecule has 3 N–H and O–H groups in total. The molecule has 1 heterocycles. The van der Waals surface area contributed by atoms with Gasteiger partial charge in [-0.1, -0.05) is 12.1 Å². The fourth-order valence-electron chi connectivity index (χ4n) is 3.10. The topological polar surface area (TPSA) is 104 Å². The van der Waals surface area contributed by atoms with Crippen molar-refractivity contribution in [3.63, 3.8) is 0 Å². The van der Waals surface area contributed by atoms with Gasteiger partial charge in [0.1, 0.15) is 5.75 Å². The highest BCUT2D eigenvalue weighted by Crippen LogP contribution is 2.24. The van der Waals surface area contributed by atoms with Crippen LogP contribution in [-0.4, -0.2) is 35.6 Å². The first-order valence-corrected chi connectivity index (χ1v) is 11.7. The standard InChI is InChI=1S/C22H29N3O4S/c1-15(2)30(27,28)25-18-8-6-7-17(13-18)22(26)9-4-5-12-29-19-10-11-20-16(3)23-24-21(20)14-19/h6-8,10-11,13-15,22,25-26H,4-5,9,12H2,1-3H3,(H,23,24)/t22-/m0/s1. The summed E-state index contributed by atoms with van der Waals surface area (Å²) in [7, 11) is -3.41. The van der Waals surface area contributed by atoms with E-state index in [1.807, 2.05) is 25.1 Å². The van der Waals surface area contributed by atoms with Crippen LogP contribution in [0.4, 0.5) is 5.69 Å². The smallest absolute Gasteiger partial charge is 0.235 e. The molecule has 3 rings (SSSR count). The van der Waals surface area contributed by atoms with Gasteiger partial charge in [-0.3, -0.25) is 9.82 Å². The summed E-state index contributed by atoms with van der Waals surface area (Å²) in [5.41, 5.74) is 3.08. The Morgan fingerprint density at radius 2 is 1.97 bits per heavy atom. The lowest BCUT2D eigenvalue weighted by Crippen LogP contribution is -2.22. The summed E-state index contributed by atoms with van der Waals surface area (Å²) in [5.74, 6) is 0.777. The van der Waals surface area contributed by atoms with Gasteiger partial charge in [0.05, 0.1) is 23.5 Å². The van der Waals surface area contributed by atoms with Crippen LogP contribution in [-0.2, 0) is 10.0 Å². The predicted molar refractivity (Wildman–Crippen MR) is 119 cm³/mol. The molecule has 0 aliphatic carbocycles. The van der Waals surface area contributed by atoms with Gasteiger partial charge in [0.15, 0.2) is 0 Å². The summed E-state index contributed by atoms with van der Waals surface area (Å²) in [4.78, 5) is 0. The first-order chi connectivity index (χ1) is 14.3. The van der Waals surface area contributed by atoms with E-state index in [0.717, 1.165) is 35.2 Å². The van der Waals surface area contributed by atoms with Gasteiger partial charge in [-0.25, -0.2) is 8.42 Å². The van der Waals surface area contributed by atoms with Crippen molar-refractivity contribution in [2.45, 2.75) is 51.4 Å². The van der Waals surface area contributed by atoms with Gasteiger partial charge in [0, 0.05) is 22.8 Å². The van der Waals surface area contributed by atoms with E-state index in [-0.39, 0.29) is 0 Å². The van der Waals surface area contributed by atoms with Crippen LogP contribution >= 0.6 is 0 Å². The maximum Gasteiger partial charge on any atom is 0.235 e. The highest BCUT2D eigenvalue weighted by Gasteiger charge is 2.16. The zero-order valence-corrected chi connectivity index (χ0v) is 18.4. The highest BCUT2D eigenvalue weighted by atomic mass is 32.2. The Morgan fingerprint density at radius 3 is 2.73 bits per heavy atom. The average Bonchev–Trinajstić information content (AvgIpc) is 3.07. The molecule has 0 spiro atoms. The second kappa shape index (κ2) is 9.49. The monoisotopic (exact) mass is 431 g/mol. The Bertz CT molecular complexity index is 1090. The molecule has 1 atom stereocenters. The number of aromatic nitrogens is 2. The molecule has 0 aliphatic rings. The van der Waals surface area contributed by atoms with Crippen LogP contribution < -0.4 is 9.46 Å². The van der Waals surface area contributed by atoms with Crippen LogP contribution in [0.25, 0.3) is 10.9 Å². The fourth-order valence-corrected chi connectivity index (χ4v) is 3.79. The quantitative estimate of drug-likeness (QED) is 0.415. The highest BCUT2D eigenvalue weighted by molar-refractivity contribution is 7.93. The van der Waals surface area contributed by atoms with Crippen molar-refractivity contribution in [1.82, 2.24) is 10.2 Å². The third kappa shape index (κ3) is 5.52. The van der Waals surface area contributed by atoms with Gasteiger partial charge in [0.2, 0.25) is 10.0 Å². The van der Waals surface area contributed by atoms with E-state index >= 15 is 0 Å². The van der Waals surface area contributed by atoms with Crippen molar-refractivity contribution >= 4 is 26.6 Å². The van der Waals surface area contributed by atoms with Crippen molar-refractivity contribution in [1.29, 1.82) is 0 Å². The Hall–Kier alpha value is -2.58. The molecule has 0 unspecified atom stereocenters. The third-order valence-corrected chi connectivity index (χ3v) is 6.77. The van der Waals surface area contributed by atoms with Crippen LogP contribution in [0.5, 0.6) is 5.75 Å². The van der Waals surface area contributed by atoms with Gasteiger partial charge in [-0.2, -0.15) is 5.10 Å². The van der Waals surface area contributed by atoms with E-state index in [1.54, 1.807) is 38.1 Å². The second-order valence-electron chi connectivity index (χ2n) is 7.71. The minimum absolute atomic E-state index is 0.465. The second-order valence-corrected chi connectivity index (χ2v) is 9.95. The molecule has 162 valence electrons. The van der Waals surface area contributed by atoms with Crippen LogP contribution in [0.15, 0.2) is 42.5 Å². The maximum absolute atomic E-state index is 12.0. The number of sulfonamides is 1. The molecule has 0 aliphatic heterocycles. The molecule has 0 amide bonds. The van der Waals surface area contributed by atoms with Gasteiger partial charge in [-0.15, -0.1) is 0 Å². The number of hydrogen-bond acceptors (Lipinski definition) is 5. The lowest BCUT2D eigenvalue weighted by atomic mass is 10.0. The summed E-state index contributed by atoms with van der Waals surface area (Å²) >= 11 is 0. The van der Waals surface area contributed by atoms with E-state index in [0.29, 0.717) is 24.3 Å². The molecular formula is C22H29N3O4S. The fraction of sp³-hybridized carbons (Fsp3) is 0.409. The number of aromatic amines is 1. The van der Waals surface area contributed by atoms with Crippen LogP contribution in [0.1, 0.15) is 50.5 Å². The predicted octanol–water partition coefficient (Wildman–Crippen LogP) is 4.30. The minimum atomic E-state index is -3.41. The van der Waals surface area contributed by atoms with Crippen molar-refractivity contribution in [2.24, 2.45) is 0 Å². The zero-order valence-electron chi connectivity index (χ0n) is 17.6. The summed E-state index contributed by atoms with van der Waals surface area (Å²) in [6.45, 7) is 5.78. The normalized spacial score (nSPS) is 13.0. The van der Waals surface area contributed by atoms with Crippen LogP contribution in [0.2, 0.25) is 0 Å². The molecule has 0 saturated carbocycles. The minimum Gasteiger partial charge on any atom is -0.494 e. The maximum atomic E-state index is 12.0. The zero-order chi connectivity index (χ0) is 21.7. The molecular weight excluding hydrogens is 402 g/mol. The number of hydrogen-bond donors (Lipinski definition) is 3. The van der Waals surface area contributed by atoms with Gasteiger partial charge < -0.3 is 9.84 Å². The first-order valence-electron chi connectivity index (χ1n) is 10.1. The first kappa shape index (κ1) is 22.1. The molecule has 7 nitrogen and oxygen atoms in total. The number of fused-ring (bicyclic) bond motifs is 1.